The van der Waals surface area contributed by atoms with Gasteiger partial charge in [-0.1, -0.05) is 0 Å². The zero-order chi connectivity index (χ0) is 28.4. The monoisotopic (exact) mass is 544 g/mol. The van der Waals surface area contributed by atoms with E-state index in [1.54, 1.807) is 31.2 Å². The van der Waals surface area contributed by atoms with Crippen molar-refractivity contribution in [3.63, 3.8) is 0 Å². The first-order valence-electron chi connectivity index (χ1n) is 11.8. The van der Waals surface area contributed by atoms with Crippen LogP contribution in [-0.4, -0.2) is 82.5 Å². The van der Waals surface area contributed by atoms with Gasteiger partial charge in [0.25, 0.3) is 5.78 Å². The van der Waals surface area contributed by atoms with E-state index in [0.717, 1.165) is 23.8 Å². The molecule has 0 spiro atoms. The second kappa shape index (κ2) is 10.6. The standard InChI is InChI=1S/C14H13N5O4.C11H11N5O/c1-7-17-6-19(18-7)13-11-10(9(22-2)5-16-13)8(4-15-11)12(20)14(21)23-3;1-7-14-6-16(15-7)11-10-8(3-4-12-10)9(17-2)5-13-11/h4-6,15H,1-3H3;3-6,12H,1-2H3. The maximum absolute atomic E-state index is 12.2. The number of aromatic amines is 2. The Labute approximate surface area is 226 Å². The van der Waals surface area contributed by atoms with Crippen LogP contribution in [0.1, 0.15) is 22.0 Å². The zero-order valence-corrected chi connectivity index (χ0v) is 22.2. The number of carbonyl (C=O) groups is 2. The van der Waals surface area contributed by atoms with Crippen molar-refractivity contribution in [2.24, 2.45) is 0 Å². The number of nitrogens with zero attached hydrogens (tertiary/aromatic N) is 8. The third kappa shape index (κ3) is 4.59. The molecule has 6 aromatic rings. The van der Waals surface area contributed by atoms with E-state index in [4.69, 9.17) is 9.47 Å². The lowest BCUT2D eigenvalue weighted by Crippen LogP contribution is -2.15. The molecule has 0 aliphatic carbocycles. The molecule has 0 aromatic carbocycles. The number of aryl methyl sites for hydroxylation is 2. The van der Waals surface area contributed by atoms with Crippen molar-refractivity contribution in [1.82, 2.24) is 49.5 Å². The van der Waals surface area contributed by atoms with Gasteiger partial charge in [-0.3, -0.25) is 4.79 Å². The minimum Gasteiger partial charge on any atom is -0.494 e. The first kappa shape index (κ1) is 26.0. The van der Waals surface area contributed by atoms with Gasteiger partial charge in [0, 0.05) is 17.8 Å². The summed E-state index contributed by atoms with van der Waals surface area (Å²) in [4.78, 5) is 46.5. The van der Waals surface area contributed by atoms with Crippen LogP contribution in [0.2, 0.25) is 0 Å². The molecule has 0 saturated heterocycles. The Morgan fingerprint density at radius 2 is 1.40 bits per heavy atom. The van der Waals surface area contributed by atoms with Crippen molar-refractivity contribution < 1.29 is 23.8 Å². The fraction of sp³-hybridized carbons (Fsp3) is 0.200. The Kier molecular flexibility index (Phi) is 6.92. The fourth-order valence-electron chi connectivity index (χ4n) is 4.06. The highest BCUT2D eigenvalue weighted by Crippen LogP contribution is 2.31. The van der Waals surface area contributed by atoms with Gasteiger partial charge in [0.15, 0.2) is 11.6 Å². The van der Waals surface area contributed by atoms with E-state index in [1.165, 1.54) is 30.5 Å². The number of hydrogen-bond acceptors (Lipinski definition) is 11. The van der Waals surface area contributed by atoms with Crippen molar-refractivity contribution in [1.29, 1.82) is 0 Å². The van der Waals surface area contributed by atoms with E-state index in [9.17, 15) is 9.59 Å². The van der Waals surface area contributed by atoms with Gasteiger partial charge < -0.3 is 24.2 Å². The zero-order valence-electron chi connectivity index (χ0n) is 22.2. The summed E-state index contributed by atoms with van der Waals surface area (Å²) in [6.07, 6.45) is 9.55. The largest absolute Gasteiger partial charge is 0.494 e. The number of esters is 1. The lowest BCUT2D eigenvalue weighted by Gasteiger charge is -2.07. The number of nitrogens with one attached hydrogen (secondary N) is 2. The van der Waals surface area contributed by atoms with Crippen molar-refractivity contribution in [2.45, 2.75) is 13.8 Å². The van der Waals surface area contributed by atoms with E-state index in [-0.39, 0.29) is 5.56 Å². The van der Waals surface area contributed by atoms with E-state index in [2.05, 4.69) is 44.8 Å². The molecule has 40 heavy (non-hydrogen) atoms. The van der Waals surface area contributed by atoms with Crippen molar-refractivity contribution >= 4 is 33.6 Å². The van der Waals surface area contributed by atoms with Crippen LogP contribution in [0.4, 0.5) is 0 Å². The number of fused-ring (bicyclic) bond motifs is 2. The minimum absolute atomic E-state index is 0.143. The van der Waals surface area contributed by atoms with Crippen molar-refractivity contribution in [3.05, 3.63) is 60.7 Å². The molecule has 0 radical (unpaired) electrons. The topological polar surface area (TPSA) is 181 Å². The van der Waals surface area contributed by atoms with E-state index >= 15 is 0 Å². The molecule has 15 nitrogen and oxygen atoms in total. The molecule has 0 unspecified atom stereocenters. The highest BCUT2D eigenvalue weighted by Gasteiger charge is 2.25. The van der Waals surface area contributed by atoms with Gasteiger partial charge in [-0.2, -0.15) is 10.2 Å². The Balaban J connectivity index is 0.000000168. The number of aromatic nitrogens is 10. The average Bonchev–Trinajstić information content (AvgIpc) is 3.78. The first-order valence-corrected chi connectivity index (χ1v) is 11.8. The molecule has 6 aromatic heterocycles. The van der Waals surface area contributed by atoms with Crippen LogP contribution >= 0.6 is 0 Å². The van der Waals surface area contributed by atoms with Crippen LogP contribution in [0.5, 0.6) is 11.5 Å². The summed E-state index contributed by atoms with van der Waals surface area (Å²) in [6.45, 7) is 3.59. The Morgan fingerprint density at radius 1 is 0.800 bits per heavy atom. The third-order valence-corrected chi connectivity index (χ3v) is 5.90. The number of ketones is 1. The van der Waals surface area contributed by atoms with Gasteiger partial charge in [-0.15, -0.1) is 0 Å². The molecule has 2 N–H and O–H groups in total. The molecule has 0 atom stereocenters. The van der Waals surface area contributed by atoms with Crippen LogP contribution in [0.25, 0.3) is 33.4 Å². The molecule has 6 heterocycles. The maximum Gasteiger partial charge on any atom is 0.379 e. The number of pyridine rings is 2. The molecule has 0 aliphatic heterocycles. The molecular formula is C25H24N10O5. The number of methoxy groups -OCH3 is 3. The van der Waals surface area contributed by atoms with Gasteiger partial charge in [0.1, 0.15) is 35.8 Å². The maximum atomic E-state index is 12.2. The van der Waals surface area contributed by atoms with Crippen LogP contribution in [0, 0.1) is 13.8 Å². The average molecular weight is 545 g/mol. The summed E-state index contributed by atoms with van der Waals surface area (Å²) in [7, 11) is 4.23. The molecule has 0 fully saturated rings. The molecule has 15 heteroatoms. The second-order valence-electron chi connectivity index (χ2n) is 8.31. The Bertz CT molecular complexity index is 1850. The molecular weight excluding hydrogens is 520 g/mol. The number of carbonyl (C=O) groups excluding carboxylic acids is 2. The normalized spacial score (nSPS) is 10.8. The second-order valence-corrected chi connectivity index (χ2v) is 8.31. The summed E-state index contributed by atoms with van der Waals surface area (Å²) in [5, 5.41) is 9.86. The third-order valence-electron chi connectivity index (χ3n) is 5.90. The number of H-pyrrole nitrogens is 2. The quantitative estimate of drug-likeness (QED) is 0.178. The van der Waals surface area contributed by atoms with Gasteiger partial charge in [-0.05, 0) is 19.9 Å². The molecule has 0 aliphatic rings. The SMILES string of the molecule is COC(=O)C(=O)c1c[nH]c2c(-n3cnc(C)n3)ncc(OC)c12.COc1cnc(-n2cnc(C)n2)c2[nH]ccc12. The predicted molar refractivity (Wildman–Crippen MR) is 141 cm³/mol. The van der Waals surface area contributed by atoms with Gasteiger partial charge in [0.2, 0.25) is 0 Å². The van der Waals surface area contributed by atoms with E-state index in [1.807, 2.05) is 19.2 Å². The summed E-state index contributed by atoms with van der Waals surface area (Å²) in [6, 6.07) is 1.95. The van der Waals surface area contributed by atoms with Crippen molar-refractivity contribution in [2.75, 3.05) is 21.3 Å². The molecule has 204 valence electrons. The summed E-state index contributed by atoms with van der Waals surface area (Å²) in [5.74, 6) is 1.80. The van der Waals surface area contributed by atoms with Crippen molar-refractivity contribution in [3.8, 4) is 23.1 Å². The number of rotatable bonds is 6. The van der Waals surface area contributed by atoms with Gasteiger partial charge >= 0.3 is 5.97 Å². The highest BCUT2D eigenvalue weighted by atomic mass is 16.5. The Hall–Kier alpha value is -5.60. The molecule has 0 bridgehead atoms. The molecule has 6 rings (SSSR count). The van der Waals surface area contributed by atoms with Crippen LogP contribution in [0.3, 0.4) is 0 Å². The predicted octanol–water partition coefficient (Wildman–Crippen LogP) is 2.28. The van der Waals surface area contributed by atoms with Crippen LogP contribution < -0.4 is 9.47 Å². The first-order chi connectivity index (χ1) is 19.4. The number of hydrogen-bond donors (Lipinski definition) is 2. The molecule has 0 amide bonds. The summed E-state index contributed by atoms with van der Waals surface area (Å²) >= 11 is 0. The van der Waals surface area contributed by atoms with E-state index < -0.39 is 11.8 Å². The van der Waals surface area contributed by atoms with Crippen LogP contribution in [0.15, 0.2) is 43.5 Å². The number of ether oxygens (including phenoxy) is 3. The smallest absolute Gasteiger partial charge is 0.379 e. The minimum atomic E-state index is -0.956. The lowest BCUT2D eigenvalue weighted by molar-refractivity contribution is -0.135. The van der Waals surface area contributed by atoms with Crippen LogP contribution in [-0.2, 0) is 9.53 Å². The fourth-order valence-corrected chi connectivity index (χ4v) is 4.06. The van der Waals surface area contributed by atoms with Gasteiger partial charge in [0.05, 0.1) is 55.7 Å². The summed E-state index contributed by atoms with van der Waals surface area (Å²) < 4.78 is 18.1. The number of Topliss-reactive ketones (excluding diaryl/α,β-unsaturated/α-hetero) is 1. The Morgan fingerprint density at radius 3 is 1.95 bits per heavy atom. The lowest BCUT2D eigenvalue weighted by atomic mass is 10.1. The van der Waals surface area contributed by atoms with E-state index in [0.29, 0.717) is 39.9 Å². The molecule has 0 saturated carbocycles. The van der Waals surface area contributed by atoms with Gasteiger partial charge in [-0.25, -0.2) is 34.1 Å². The highest BCUT2D eigenvalue weighted by molar-refractivity contribution is 6.43. The summed E-state index contributed by atoms with van der Waals surface area (Å²) in [5.41, 5.74) is 1.53.